The predicted octanol–water partition coefficient (Wildman–Crippen LogP) is 1.98. The van der Waals surface area contributed by atoms with Gasteiger partial charge in [-0.1, -0.05) is 6.92 Å². The van der Waals surface area contributed by atoms with Gasteiger partial charge in [-0.15, -0.1) is 12.4 Å². The fourth-order valence-electron chi connectivity index (χ4n) is 2.28. The molecule has 0 amide bonds. The zero-order valence-corrected chi connectivity index (χ0v) is 13.4. The summed E-state index contributed by atoms with van der Waals surface area (Å²) in [5.74, 6) is -1.76. The fraction of sp³-hybridized carbons (Fsp3) is 0.538. The Morgan fingerprint density at radius 2 is 1.81 bits per heavy atom. The van der Waals surface area contributed by atoms with Crippen molar-refractivity contribution in [1.29, 1.82) is 0 Å². The lowest BCUT2D eigenvalue weighted by Gasteiger charge is -2.29. The summed E-state index contributed by atoms with van der Waals surface area (Å²) in [4.78, 5) is 1.17. The molecule has 2 rings (SSSR count). The van der Waals surface area contributed by atoms with E-state index in [1.165, 1.54) is 0 Å². The SMILES string of the molecule is CCCS(=O)(=O)c1cc(F)c(N2CCNCC2)cc1F.Cl. The molecule has 1 aliphatic heterocycles. The van der Waals surface area contributed by atoms with E-state index in [0.717, 1.165) is 12.1 Å². The summed E-state index contributed by atoms with van der Waals surface area (Å²) >= 11 is 0. The lowest BCUT2D eigenvalue weighted by Crippen LogP contribution is -2.44. The van der Waals surface area contributed by atoms with Crippen molar-refractivity contribution in [3.05, 3.63) is 23.8 Å². The highest BCUT2D eigenvalue weighted by Gasteiger charge is 2.23. The molecule has 1 aromatic carbocycles. The van der Waals surface area contributed by atoms with Crippen molar-refractivity contribution in [3.63, 3.8) is 0 Å². The molecule has 0 spiro atoms. The first-order valence-corrected chi connectivity index (χ1v) is 8.28. The Balaban J connectivity index is 0.00000220. The topological polar surface area (TPSA) is 49.4 Å². The lowest BCUT2D eigenvalue weighted by atomic mass is 10.2. The first kappa shape index (κ1) is 18.1. The predicted molar refractivity (Wildman–Crippen MR) is 81.0 cm³/mol. The molecule has 0 aliphatic carbocycles. The third kappa shape index (κ3) is 4.05. The van der Waals surface area contributed by atoms with Gasteiger partial charge in [0.05, 0.1) is 11.4 Å². The van der Waals surface area contributed by atoms with Gasteiger partial charge in [-0.25, -0.2) is 17.2 Å². The van der Waals surface area contributed by atoms with E-state index >= 15 is 0 Å². The van der Waals surface area contributed by atoms with E-state index < -0.39 is 26.4 Å². The van der Waals surface area contributed by atoms with Crippen LogP contribution in [0.15, 0.2) is 17.0 Å². The maximum Gasteiger partial charge on any atom is 0.181 e. The fourth-order valence-corrected chi connectivity index (χ4v) is 3.68. The van der Waals surface area contributed by atoms with Crippen molar-refractivity contribution in [3.8, 4) is 0 Å². The van der Waals surface area contributed by atoms with Gasteiger partial charge in [0.1, 0.15) is 16.5 Å². The summed E-state index contributed by atoms with van der Waals surface area (Å²) < 4.78 is 51.8. The van der Waals surface area contributed by atoms with Gasteiger partial charge in [0, 0.05) is 32.2 Å². The smallest absolute Gasteiger partial charge is 0.181 e. The van der Waals surface area contributed by atoms with Crippen molar-refractivity contribution in [2.75, 3.05) is 36.8 Å². The van der Waals surface area contributed by atoms with Crippen molar-refractivity contribution >= 4 is 27.9 Å². The number of piperazine rings is 1. The zero-order chi connectivity index (χ0) is 14.8. The second-order valence-electron chi connectivity index (χ2n) is 4.79. The van der Waals surface area contributed by atoms with Crippen LogP contribution in [0.3, 0.4) is 0 Å². The standard InChI is InChI=1S/C13H18F2N2O2S.ClH/c1-2-7-20(18,19)13-9-10(14)12(8-11(13)15)17-5-3-16-4-6-17;/h8-9,16H,2-7H2,1H3;1H. The Bertz CT molecular complexity index is 590. The number of nitrogens with one attached hydrogen (secondary N) is 1. The molecule has 1 saturated heterocycles. The zero-order valence-electron chi connectivity index (χ0n) is 11.7. The first-order chi connectivity index (χ1) is 9.45. The lowest BCUT2D eigenvalue weighted by molar-refractivity contribution is 0.539. The van der Waals surface area contributed by atoms with Gasteiger partial charge in [0.15, 0.2) is 9.84 Å². The van der Waals surface area contributed by atoms with Crippen molar-refractivity contribution in [2.24, 2.45) is 0 Å². The Hall–Kier alpha value is -0.920. The molecule has 1 aromatic rings. The molecule has 1 aliphatic rings. The Morgan fingerprint density at radius 1 is 1.19 bits per heavy atom. The third-order valence-electron chi connectivity index (χ3n) is 3.27. The summed E-state index contributed by atoms with van der Waals surface area (Å²) in [6.07, 6.45) is 0.364. The molecule has 0 unspecified atom stereocenters. The number of benzene rings is 1. The van der Waals surface area contributed by atoms with Crippen LogP contribution >= 0.6 is 12.4 Å². The Morgan fingerprint density at radius 3 is 2.38 bits per heavy atom. The number of hydrogen-bond acceptors (Lipinski definition) is 4. The van der Waals surface area contributed by atoms with Gasteiger partial charge in [-0.3, -0.25) is 0 Å². The van der Waals surface area contributed by atoms with Crippen LogP contribution in [0.5, 0.6) is 0 Å². The maximum atomic E-state index is 14.1. The Labute approximate surface area is 129 Å². The van der Waals surface area contributed by atoms with Crippen LogP contribution in [-0.4, -0.2) is 40.3 Å². The van der Waals surface area contributed by atoms with Crippen LogP contribution in [0.2, 0.25) is 0 Å². The number of anilines is 1. The number of hydrogen-bond donors (Lipinski definition) is 1. The highest BCUT2D eigenvalue weighted by atomic mass is 35.5. The van der Waals surface area contributed by atoms with E-state index in [1.807, 2.05) is 0 Å². The highest BCUT2D eigenvalue weighted by molar-refractivity contribution is 7.91. The van der Waals surface area contributed by atoms with Crippen LogP contribution in [0, 0.1) is 11.6 Å². The molecule has 21 heavy (non-hydrogen) atoms. The van der Waals surface area contributed by atoms with Crippen molar-refractivity contribution in [2.45, 2.75) is 18.2 Å². The van der Waals surface area contributed by atoms with E-state index in [-0.39, 0.29) is 23.8 Å². The monoisotopic (exact) mass is 340 g/mol. The molecule has 0 radical (unpaired) electrons. The largest absolute Gasteiger partial charge is 0.367 e. The summed E-state index contributed by atoms with van der Waals surface area (Å²) in [6.45, 7) is 4.20. The molecule has 1 fully saturated rings. The summed E-state index contributed by atoms with van der Waals surface area (Å²) in [6, 6.07) is 1.79. The summed E-state index contributed by atoms with van der Waals surface area (Å²) in [7, 11) is -3.76. The second-order valence-corrected chi connectivity index (χ2v) is 6.87. The molecule has 1 N–H and O–H groups in total. The van der Waals surface area contributed by atoms with E-state index in [1.54, 1.807) is 11.8 Å². The number of nitrogens with zero attached hydrogens (tertiary/aromatic N) is 1. The van der Waals surface area contributed by atoms with Gasteiger partial charge < -0.3 is 10.2 Å². The van der Waals surface area contributed by atoms with Gasteiger partial charge in [-0.05, 0) is 12.5 Å². The number of sulfone groups is 1. The first-order valence-electron chi connectivity index (χ1n) is 6.63. The van der Waals surface area contributed by atoms with Gasteiger partial charge in [0.25, 0.3) is 0 Å². The molecular formula is C13H19ClF2N2O2S. The molecule has 0 aromatic heterocycles. The van der Waals surface area contributed by atoms with Gasteiger partial charge >= 0.3 is 0 Å². The normalized spacial score (nSPS) is 15.7. The van der Waals surface area contributed by atoms with E-state index in [2.05, 4.69) is 5.32 Å². The van der Waals surface area contributed by atoms with E-state index in [0.29, 0.717) is 32.6 Å². The van der Waals surface area contributed by atoms with Gasteiger partial charge in [-0.2, -0.15) is 0 Å². The molecule has 8 heteroatoms. The minimum absolute atomic E-state index is 0. The molecule has 1 heterocycles. The third-order valence-corrected chi connectivity index (χ3v) is 5.20. The summed E-state index contributed by atoms with van der Waals surface area (Å²) in [5, 5.41) is 3.12. The van der Waals surface area contributed by atoms with Crippen LogP contribution in [0.4, 0.5) is 14.5 Å². The molecule has 0 saturated carbocycles. The number of halogens is 3. The molecular weight excluding hydrogens is 322 g/mol. The molecule has 0 bridgehead atoms. The van der Waals surface area contributed by atoms with Crippen molar-refractivity contribution in [1.82, 2.24) is 5.32 Å². The average Bonchev–Trinajstić information content (AvgIpc) is 2.41. The van der Waals surface area contributed by atoms with E-state index in [4.69, 9.17) is 0 Å². The molecule has 120 valence electrons. The summed E-state index contributed by atoms with van der Waals surface area (Å²) in [5.41, 5.74) is 0.124. The van der Waals surface area contributed by atoms with Crippen LogP contribution in [0.1, 0.15) is 13.3 Å². The maximum absolute atomic E-state index is 14.1. The minimum atomic E-state index is -3.76. The van der Waals surface area contributed by atoms with Crippen molar-refractivity contribution < 1.29 is 17.2 Å². The van der Waals surface area contributed by atoms with Gasteiger partial charge in [0.2, 0.25) is 0 Å². The molecule has 0 atom stereocenters. The van der Waals surface area contributed by atoms with E-state index in [9.17, 15) is 17.2 Å². The molecule has 4 nitrogen and oxygen atoms in total. The highest BCUT2D eigenvalue weighted by Crippen LogP contribution is 2.27. The second kappa shape index (κ2) is 7.38. The van der Waals surface area contributed by atoms with Crippen LogP contribution in [-0.2, 0) is 9.84 Å². The quantitative estimate of drug-likeness (QED) is 0.910. The van der Waals surface area contributed by atoms with Crippen LogP contribution in [0.25, 0.3) is 0 Å². The Kier molecular flexibility index (Phi) is 6.37. The number of rotatable bonds is 4. The average molecular weight is 341 g/mol. The minimum Gasteiger partial charge on any atom is -0.367 e. The van der Waals surface area contributed by atoms with Crippen LogP contribution < -0.4 is 10.2 Å².